The van der Waals surface area contributed by atoms with Crippen molar-refractivity contribution in [2.75, 3.05) is 6.26 Å². The third-order valence-electron chi connectivity index (χ3n) is 10.7. The Kier molecular flexibility index (Phi) is 9.06. The number of allylic oxidation sites excluding steroid dienone is 4. The van der Waals surface area contributed by atoms with E-state index in [1.54, 1.807) is 30.3 Å². The van der Waals surface area contributed by atoms with E-state index in [-0.39, 0.29) is 32.7 Å². The Labute approximate surface area is 318 Å². The van der Waals surface area contributed by atoms with Gasteiger partial charge in [-0.1, -0.05) is 48.6 Å². The van der Waals surface area contributed by atoms with E-state index in [4.69, 9.17) is 0 Å². The normalized spacial score (nSPS) is 20.7. The highest BCUT2D eigenvalue weighted by Gasteiger charge is 2.51. The Balaban J connectivity index is 0.000000158. The lowest BCUT2D eigenvalue weighted by atomic mass is 9.85. The molecule has 1 fully saturated rings. The zero-order valence-electron chi connectivity index (χ0n) is 29.5. The molecule has 56 heavy (non-hydrogen) atoms. The van der Waals surface area contributed by atoms with E-state index in [2.05, 4.69) is 20.7 Å². The number of amides is 4. The first-order valence-electron chi connectivity index (χ1n) is 17.7. The molecule has 4 aromatic carbocycles. The molecule has 2 atom stereocenters. The number of benzene rings is 4. The average molecular weight is 809 g/mol. The molecule has 3 aliphatic carbocycles. The van der Waals surface area contributed by atoms with Crippen molar-refractivity contribution in [3.05, 3.63) is 106 Å². The lowest BCUT2D eigenvalue weighted by Crippen LogP contribution is -2.44. The van der Waals surface area contributed by atoms with Crippen LogP contribution in [0.1, 0.15) is 97.5 Å². The third-order valence-corrected chi connectivity index (χ3v) is 12.0. The van der Waals surface area contributed by atoms with Crippen molar-refractivity contribution in [1.29, 1.82) is 0 Å². The second-order valence-electron chi connectivity index (χ2n) is 14.2. The number of fused-ring (bicyclic) bond motifs is 2. The fraction of sp³-hybridized carbons (Fsp3) is 0.282. The van der Waals surface area contributed by atoms with Gasteiger partial charge in [-0.15, -0.1) is 18.7 Å². The predicted octanol–water partition coefficient (Wildman–Crippen LogP) is 7.31. The monoisotopic (exact) mass is 808 g/mol. The summed E-state index contributed by atoms with van der Waals surface area (Å²) in [6.45, 7) is 0. The maximum atomic E-state index is 12.8. The summed E-state index contributed by atoms with van der Waals surface area (Å²) in [5.41, 5.74) is -1.18. The number of nitrogens with zero attached hydrogens (tertiary/aromatic N) is 2. The molecule has 4 aromatic rings. The van der Waals surface area contributed by atoms with Crippen LogP contribution >= 0.6 is 0 Å². The summed E-state index contributed by atoms with van der Waals surface area (Å²) >= 11 is 0. The van der Waals surface area contributed by atoms with E-state index < -0.39 is 49.4 Å². The van der Waals surface area contributed by atoms with Crippen LogP contribution in [0.3, 0.4) is 0 Å². The van der Waals surface area contributed by atoms with Crippen LogP contribution in [0.25, 0.3) is 32.7 Å². The van der Waals surface area contributed by atoms with Crippen LogP contribution in [0.5, 0.6) is 0 Å². The molecule has 9 rings (SSSR count). The second kappa shape index (κ2) is 13.5. The molecule has 0 spiro atoms. The maximum Gasteiger partial charge on any atom is 0.525 e. The van der Waals surface area contributed by atoms with E-state index in [9.17, 15) is 49.2 Å². The SMILES string of the molecule is CS(=O)(=O)ON1C(=O)c2cccc3c(C4=CC5CCC4C5)ccc(c23)C1=O.O=C1c2cccc3c(C4=CCCCC4)ccc(c23)C(=O)N1OS(=O)(=O)C(F)(F)F. The zero-order chi connectivity index (χ0) is 39.9. The Morgan fingerprint density at radius 1 is 0.661 bits per heavy atom. The van der Waals surface area contributed by atoms with Crippen LogP contribution in [-0.4, -0.2) is 62.4 Å². The number of imide groups is 2. The van der Waals surface area contributed by atoms with Crippen LogP contribution < -0.4 is 0 Å². The van der Waals surface area contributed by atoms with Crippen molar-refractivity contribution in [2.24, 2.45) is 11.8 Å². The summed E-state index contributed by atoms with van der Waals surface area (Å²) in [7, 11) is -10.2. The Bertz CT molecular complexity index is 2680. The number of hydrogen-bond acceptors (Lipinski definition) is 10. The highest BCUT2D eigenvalue weighted by atomic mass is 32.2. The molecule has 5 aliphatic rings. The van der Waals surface area contributed by atoms with Gasteiger partial charge in [-0.2, -0.15) is 30.0 Å². The van der Waals surface area contributed by atoms with Gasteiger partial charge in [-0.3, -0.25) is 19.2 Å². The zero-order valence-corrected chi connectivity index (χ0v) is 31.1. The molecule has 2 aliphatic heterocycles. The van der Waals surface area contributed by atoms with Crippen molar-refractivity contribution in [1.82, 2.24) is 10.1 Å². The Hall–Kier alpha value is -5.23. The highest BCUT2D eigenvalue weighted by Crippen LogP contribution is 2.50. The molecule has 0 saturated heterocycles. The summed E-state index contributed by atoms with van der Waals surface area (Å²) in [4.78, 5) is 50.8. The summed E-state index contributed by atoms with van der Waals surface area (Å²) in [6, 6.07) is 16.4. The van der Waals surface area contributed by atoms with E-state index in [0.29, 0.717) is 27.7 Å². The summed E-state index contributed by atoms with van der Waals surface area (Å²) in [6.07, 6.45) is 12.6. The number of halogens is 3. The van der Waals surface area contributed by atoms with Gasteiger partial charge in [0.25, 0.3) is 33.7 Å². The molecule has 2 bridgehead atoms. The van der Waals surface area contributed by atoms with E-state index in [1.165, 1.54) is 43.0 Å². The number of carbonyl (C=O) groups is 4. The summed E-state index contributed by atoms with van der Waals surface area (Å²) < 4.78 is 92.1. The van der Waals surface area contributed by atoms with Gasteiger partial charge in [0.1, 0.15) is 0 Å². The van der Waals surface area contributed by atoms with Crippen molar-refractivity contribution in [3.63, 3.8) is 0 Å². The first-order chi connectivity index (χ1) is 26.4. The Morgan fingerprint density at radius 3 is 1.66 bits per heavy atom. The van der Waals surface area contributed by atoms with Crippen molar-refractivity contribution >= 4 is 76.6 Å². The quantitative estimate of drug-likeness (QED) is 0.143. The molecule has 2 heterocycles. The maximum absolute atomic E-state index is 12.8. The second-order valence-corrected chi connectivity index (χ2v) is 17.3. The smallest absolute Gasteiger partial charge is 0.266 e. The lowest BCUT2D eigenvalue weighted by molar-refractivity contribution is -0.0761. The molecule has 2 unspecified atom stereocenters. The largest absolute Gasteiger partial charge is 0.525 e. The van der Waals surface area contributed by atoms with Crippen LogP contribution in [-0.2, 0) is 28.8 Å². The van der Waals surface area contributed by atoms with Gasteiger partial charge in [0, 0.05) is 10.8 Å². The van der Waals surface area contributed by atoms with Crippen molar-refractivity contribution < 1.29 is 57.8 Å². The molecule has 1 saturated carbocycles. The molecule has 0 N–H and O–H groups in total. The molecular weight excluding hydrogens is 778 g/mol. The van der Waals surface area contributed by atoms with Gasteiger partial charge >= 0.3 is 15.6 Å². The van der Waals surface area contributed by atoms with Gasteiger partial charge in [0.2, 0.25) is 0 Å². The minimum atomic E-state index is -6.18. The van der Waals surface area contributed by atoms with E-state index in [0.717, 1.165) is 54.0 Å². The molecule has 290 valence electrons. The minimum absolute atomic E-state index is 0.104. The van der Waals surface area contributed by atoms with Crippen molar-refractivity contribution in [2.45, 2.75) is 50.5 Å². The first kappa shape index (κ1) is 37.7. The van der Waals surface area contributed by atoms with Crippen molar-refractivity contribution in [3.8, 4) is 0 Å². The predicted molar refractivity (Wildman–Crippen MR) is 196 cm³/mol. The highest BCUT2D eigenvalue weighted by molar-refractivity contribution is 7.87. The Morgan fingerprint density at radius 2 is 1.18 bits per heavy atom. The van der Waals surface area contributed by atoms with Crippen LogP contribution in [0.15, 0.2) is 72.8 Å². The number of rotatable bonds is 6. The molecule has 17 heteroatoms. The van der Waals surface area contributed by atoms with Gasteiger partial charge in [0.05, 0.1) is 28.5 Å². The number of alkyl halides is 3. The standard InChI is InChI=1S/C20H17NO5S.C19H14F3NO5S/c1-27(24,25)26-21-19(22)15-4-2-3-14-13(7-8-16(18(14)15)20(21)23)17-10-11-5-6-12(17)9-11;20-19(21,22)29(26,27)28-23-17(24)14-8-4-7-13-12(11-5-2-1-3-6-11)9-10-15(16(13)14)18(23)25/h2-4,7-8,10-12H,5-6,9H2,1H3;4-5,7-10H,1-3,6H2. The number of carbonyl (C=O) groups excluding carboxylic acids is 4. The molecule has 0 radical (unpaired) electrons. The van der Waals surface area contributed by atoms with Gasteiger partial charge in [-0.05, 0) is 114 Å². The molecular formula is C39H31F3N2O10S2. The van der Waals surface area contributed by atoms with Crippen LogP contribution in [0.4, 0.5) is 13.2 Å². The molecule has 12 nitrogen and oxygen atoms in total. The minimum Gasteiger partial charge on any atom is -0.266 e. The lowest BCUT2D eigenvalue weighted by Gasteiger charge is -2.26. The summed E-state index contributed by atoms with van der Waals surface area (Å²) in [5, 5.41) is 2.29. The van der Waals surface area contributed by atoms with Gasteiger partial charge in [0.15, 0.2) is 0 Å². The summed E-state index contributed by atoms with van der Waals surface area (Å²) in [5.74, 6) is -2.90. The molecule has 0 aromatic heterocycles. The first-order valence-corrected chi connectivity index (χ1v) is 20.9. The van der Waals surface area contributed by atoms with Gasteiger partial charge in [-0.25, -0.2) is 0 Å². The average Bonchev–Trinajstić information content (AvgIpc) is 3.80. The number of hydrogen-bond donors (Lipinski definition) is 0. The van der Waals surface area contributed by atoms with Crippen LogP contribution in [0, 0.1) is 11.8 Å². The fourth-order valence-corrected chi connectivity index (χ4v) is 9.15. The third kappa shape index (κ3) is 6.31. The fourth-order valence-electron chi connectivity index (χ4n) is 8.32. The molecule has 4 amide bonds. The van der Waals surface area contributed by atoms with Crippen LogP contribution in [0.2, 0.25) is 0 Å². The van der Waals surface area contributed by atoms with E-state index in [1.807, 2.05) is 12.1 Å². The van der Waals surface area contributed by atoms with Gasteiger partial charge < -0.3 is 0 Å². The van der Waals surface area contributed by atoms with E-state index >= 15 is 0 Å². The topological polar surface area (TPSA) is 161 Å². The number of hydroxylamine groups is 4.